The summed E-state index contributed by atoms with van der Waals surface area (Å²) in [7, 11) is 1.74. The molecule has 102 valence electrons. The third-order valence-electron chi connectivity index (χ3n) is 3.52. The van der Waals surface area contributed by atoms with Crippen molar-refractivity contribution in [2.24, 2.45) is 0 Å². The molecule has 0 bridgehead atoms. The Bertz CT molecular complexity index is 513. The predicted molar refractivity (Wildman–Crippen MR) is 71.0 cm³/mol. The first-order valence-corrected chi connectivity index (χ1v) is 6.35. The summed E-state index contributed by atoms with van der Waals surface area (Å²) in [5.74, 6) is -0.292. The van der Waals surface area contributed by atoms with Gasteiger partial charge in [-0.2, -0.15) is 0 Å². The third-order valence-corrected chi connectivity index (χ3v) is 3.52. The Kier molecular flexibility index (Phi) is 3.74. The highest BCUT2D eigenvalue weighted by Crippen LogP contribution is 2.20. The van der Waals surface area contributed by atoms with Crippen molar-refractivity contribution in [3.05, 3.63) is 29.3 Å². The Morgan fingerprint density at radius 2 is 2.21 bits per heavy atom. The van der Waals surface area contributed by atoms with E-state index in [9.17, 15) is 14.7 Å². The number of hydrogen-bond donors (Lipinski definition) is 2. The van der Waals surface area contributed by atoms with E-state index in [2.05, 4.69) is 5.32 Å². The van der Waals surface area contributed by atoms with Crippen molar-refractivity contribution < 1.29 is 14.7 Å². The zero-order valence-electron chi connectivity index (χ0n) is 11.1. The number of phenolic OH excluding ortho intramolecular Hbond substituents is 1. The van der Waals surface area contributed by atoms with Crippen molar-refractivity contribution >= 4 is 11.8 Å². The van der Waals surface area contributed by atoms with Gasteiger partial charge in [0.2, 0.25) is 5.91 Å². The highest BCUT2D eigenvalue weighted by Gasteiger charge is 2.28. The summed E-state index contributed by atoms with van der Waals surface area (Å²) in [5.41, 5.74) is 0.928. The average molecular weight is 262 g/mol. The Morgan fingerprint density at radius 1 is 1.47 bits per heavy atom. The van der Waals surface area contributed by atoms with E-state index < -0.39 is 6.04 Å². The van der Waals surface area contributed by atoms with Crippen LogP contribution in [0, 0.1) is 6.92 Å². The molecule has 5 nitrogen and oxygen atoms in total. The fraction of sp³-hybridized carbons (Fsp3) is 0.429. The highest BCUT2D eigenvalue weighted by molar-refractivity contribution is 5.99. The van der Waals surface area contributed by atoms with Crippen LogP contribution in [0.5, 0.6) is 5.75 Å². The van der Waals surface area contributed by atoms with Gasteiger partial charge in [0.25, 0.3) is 5.91 Å². The molecule has 1 aliphatic rings. The molecule has 1 heterocycles. The third kappa shape index (κ3) is 2.70. The summed E-state index contributed by atoms with van der Waals surface area (Å²) < 4.78 is 0. The Hall–Kier alpha value is -2.04. The second kappa shape index (κ2) is 5.30. The Labute approximate surface area is 112 Å². The van der Waals surface area contributed by atoms with Gasteiger partial charge in [-0.15, -0.1) is 0 Å². The average Bonchev–Trinajstić information content (AvgIpc) is 2.38. The van der Waals surface area contributed by atoms with Crippen LogP contribution in [0.15, 0.2) is 18.2 Å². The number of likely N-dealkylation sites (N-methyl/N-ethyl adjacent to an activating group) is 1. The fourth-order valence-corrected chi connectivity index (χ4v) is 2.27. The number of nitrogens with zero attached hydrogens (tertiary/aromatic N) is 1. The molecule has 2 rings (SSSR count). The molecule has 1 aromatic rings. The van der Waals surface area contributed by atoms with Crippen LogP contribution in [-0.4, -0.2) is 41.5 Å². The number of rotatable bonds is 2. The molecule has 1 atom stereocenters. The smallest absolute Gasteiger partial charge is 0.252 e. The van der Waals surface area contributed by atoms with Gasteiger partial charge in [-0.3, -0.25) is 9.59 Å². The fourth-order valence-electron chi connectivity index (χ4n) is 2.27. The topological polar surface area (TPSA) is 69.6 Å². The normalized spacial score (nSPS) is 19.4. The number of nitrogens with one attached hydrogen (secondary N) is 1. The molecule has 19 heavy (non-hydrogen) atoms. The van der Waals surface area contributed by atoms with Gasteiger partial charge in [0.1, 0.15) is 11.8 Å². The lowest BCUT2D eigenvalue weighted by molar-refractivity contribution is -0.134. The summed E-state index contributed by atoms with van der Waals surface area (Å²) in [6.07, 6.45) is 1.54. The van der Waals surface area contributed by atoms with Gasteiger partial charge in [0, 0.05) is 24.7 Å². The van der Waals surface area contributed by atoms with Crippen LogP contribution >= 0.6 is 0 Å². The number of carbonyl (C=O) groups excluding carboxylic acids is 2. The molecule has 0 unspecified atom stereocenters. The number of benzene rings is 1. The first kappa shape index (κ1) is 13.4. The van der Waals surface area contributed by atoms with Crippen molar-refractivity contribution in [3.8, 4) is 5.75 Å². The molecular weight excluding hydrogens is 244 g/mol. The van der Waals surface area contributed by atoms with E-state index in [1.54, 1.807) is 31.0 Å². The standard InChI is InChI=1S/C14H18N2O3/c1-9-10(5-3-7-12(9)17)13(18)15-11-6-4-8-16(2)14(11)19/h3,5,7,11,17H,4,6,8H2,1-2H3,(H,15,18)/t11-/m1/s1. The maximum Gasteiger partial charge on any atom is 0.252 e. The van der Waals surface area contributed by atoms with Gasteiger partial charge in [-0.05, 0) is 31.9 Å². The van der Waals surface area contributed by atoms with E-state index >= 15 is 0 Å². The maximum absolute atomic E-state index is 12.1. The number of likely N-dealkylation sites (tertiary alicyclic amines) is 1. The summed E-state index contributed by atoms with van der Waals surface area (Å²) in [4.78, 5) is 25.7. The van der Waals surface area contributed by atoms with Crippen molar-refractivity contribution in [2.45, 2.75) is 25.8 Å². The van der Waals surface area contributed by atoms with Gasteiger partial charge in [-0.1, -0.05) is 6.07 Å². The highest BCUT2D eigenvalue weighted by atomic mass is 16.3. The number of amides is 2. The van der Waals surface area contributed by atoms with Gasteiger partial charge in [0.15, 0.2) is 0 Å². The van der Waals surface area contributed by atoms with Gasteiger partial charge in [0.05, 0.1) is 0 Å². The summed E-state index contributed by atoms with van der Waals surface area (Å²) in [6, 6.07) is 4.33. The van der Waals surface area contributed by atoms with Crippen LogP contribution in [0.1, 0.15) is 28.8 Å². The summed E-state index contributed by atoms with van der Waals surface area (Å²) >= 11 is 0. The summed E-state index contributed by atoms with van der Waals surface area (Å²) in [5, 5.41) is 12.3. The molecule has 1 aromatic carbocycles. The van der Waals surface area contributed by atoms with Crippen molar-refractivity contribution in [3.63, 3.8) is 0 Å². The molecule has 2 amide bonds. The molecule has 1 fully saturated rings. The molecule has 0 spiro atoms. The molecule has 1 saturated heterocycles. The molecule has 0 saturated carbocycles. The second-order valence-corrected chi connectivity index (χ2v) is 4.88. The van der Waals surface area contributed by atoms with Gasteiger partial charge in [-0.25, -0.2) is 0 Å². The number of piperidine rings is 1. The number of hydrogen-bond acceptors (Lipinski definition) is 3. The van der Waals surface area contributed by atoms with E-state index in [4.69, 9.17) is 0 Å². The van der Waals surface area contributed by atoms with Crippen LogP contribution in [0.2, 0.25) is 0 Å². The van der Waals surface area contributed by atoms with Crippen LogP contribution in [-0.2, 0) is 4.79 Å². The van der Waals surface area contributed by atoms with Crippen molar-refractivity contribution in [1.82, 2.24) is 10.2 Å². The van der Waals surface area contributed by atoms with Crippen LogP contribution in [0.4, 0.5) is 0 Å². The molecular formula is C14H18N2O3. The van der Waals surface area contributed by atoms with Crippen LogP contribution < -0.4 is 5.32 Å². The quantitative estimate of drug-likeness (QED) is 0.837. The van der Waals surface area contributed by atoms with Gasteiger partial charge < -0.3 is 15.3 Å². The second-order valence-electron chi connectivity index (χ2n) is 4.88. The first-order chi connectivity index (χ1) is 9.00. The lowest BCUT2D eigenvalue weighted by atomic mass is 10.0. The van der Waals surface area contributed by atoms with Crippen LogP contribution in [0.25, 0.3) is 0 Å². The largest absolute Gasteiger partial charge is 0.508 e. The molecule has 1 aliphatic heterocycles. The zero-order chi connectivity index (χ0) is 14.0. The zero-order valence-corrected chi connectivity index (χ0v) is 11.1. The molecule has 2 N–H and O–H groups in total. The minimum atomic E-state index is -0.465. The molecule has 0 aliphatic carbocycles. The van der Waals surface area contributed by atoms with E-state index in [-0.39, 0.29) is 17.6 Å². The lowest BCUT2D eigenvalue weighted by Gasteiger charge is -2.29. The summed E-state index contributed by atoms with van der Waals surface area (Å²) in [6.45, 7) is 2.41. The molecule has 0 radical (unpaired) electrons. The van der Waals surface area contributed by atoms with Crippen molar-refractivity contribution in [2.75, 3.05) is 13.6 Å². The van der Waals surface area contributed by atoms with Crippen molar-refractivity contribution in [1.29, 1.82) is 0 Å². The lowest BCUT2D eigenvalue weighted by Crippen LogP contribution is -2.50. The first-order valence-electron chi connectivity index (χ1n) is 6.35. The van der Waals surface area contributed by atoms with Crippen LogP contribution in [0.3, 0.4) is 0 Å². The number of phenols is 1. The predicted octanol–water partition coefficient (Wildman–Crippen LogP) is 1.05. The number of carbonyl (C=O) groups is 2. The molecule has 0 aromatic heterocycles. The Morgan fingerprint density at radius 3 is 2.95 bits per heavy atom. The van der Waals surface area contributed by atoms with E-state index in [0.29, 0.717) is 17.5 Å². The molecule has 5 heteroatoms. The monoisotopic (exact) mass is 262 g/mol. The Balaban J connectivity index is 2.13. The minimum Gasteiger partial charge on any atom is -0.508 e. The van der Waals surface area contributed by atoms with E-state index in [0.717, 1.165) is 13.0 Å². The number of aromatic hydroxyl groups is 1. The maximum atomic E-state index is 12.1. The minimum absolute atomic E-state index is 0.0580. The van der Waals surface area contributed by atoms with Gasteiger partial charge >= 0.3 is 0 Å². The van der Waals surface area contributed by atoms with E-state index in [1.807, 2.05) is 0 Å². The van der Waals surface area contributed by atoms with E-state index in [1.165, 1.54) is 6.07 Å². The SMILES string of the molecule is Cc1c(O)cccc1C(=O)N[C@@H]1CCCN(C)C1=O.